The zero-order valence-electron chi connectivity index (χ0n) is 22.2. The summed E-state index contributed by atoms with van der Waals surface area (Å²) in [6, 6.07) is 15.7. The first-order valence-electron chi connectivity index (χ1n) is 13.5. The Morgan fingerprint density at radius 1 is 1.03 bits per heavy atom. The van der Waals surface area contributed by atoms with Crippen LogP contribution in [0.2, 0.25) is 0 Å². The summed E-state index contributed by atoms with van der Waals surface area (Å²) in [5.74, 6) is 1.37. The number of primary amides is 1. The van der Waals surface area contributed by atoms with E-state index in [4.69, 9.17) is 15.9 Å². The molecular formula is C28H35N9O2. The smallest absolute Gasteiger partial charge is 0.273 e. The first kappa shape index (κ1) is 26.2. The SMILES string of the molecule is CCOc1ccc(NC2CCCN(c3nnc(C(N)=O)c(Nc4ccc(C(=N)N5CCCC5)cc4)n3)C2)cc1. The molecule has 11 heteroatoms. The van der Waals surface area contributed by atoms with E-state index in [2.05, 4.69) is 35.6 Å². The van der Waals surface area contributed by atoms with E-state index in [0.717, 1.165) is 68.0 Å². The topological polar surface area (TPSA) is 145 Å². The molecule has 1 atom stereocenters. The number of nitrogens with zero attached hydrogens (tertiary/aromatic N) is 5. The second kappa shape index (κ2) is 12.0. The molecule has 5 rings (SSSR count). The summed E-state index contributed by atoms with van der Waals surface area (Å²) in [7, 11) is 0. The summed E-state index contributed by atoms with van der Waals surface area (Å²) >= 11 is 0. The minimum Gasteiger partial charge on any atom is -0.494 e. The second-order valence-electron chi connectivity index (χ2n) is 9.81. The molecule has 2 aliphatic rings. The molecule has 0 saturated carbocycles. The lowest BCUT2D eigenvalue weighted by Crippen LogP contribution is -2.43. The molecule has 3 heterocycles. The van der Waals surface area contributed by atoms with Crippen LogP contribution in [0, 0.1) is 5.41 Å². The zero-order chi connectivity index (χ0) is 27.2. The van der Waals surface area contributed by atoms with Crippen molar-refractivity contribution in [3.63, 3.8) is 0 Å². The van der Waals surface area contributed by atoms with Crippen molar-refractivity contribution in [3.05, 3.63) is 59.8 Å². The highest BCUT2D eigenvalue weighted by molar-refractivity contribution is 5.97. The monoisotopic (exact) mass is 529 g/mol. The predicted octanol–water partition coefficient (Wildman–Crippen LogP) is 3.61. The quantitative estimate of drug-likeness (QED) is 0.241. The Morgan fingerprint density at radius 3 is 2.44 bits per heavy atom. The van der Waals surface area contributed by atoms with Gasteiger partial charge in [0.15, 0.2) is 11.5 Å². The number of ether oxygens (including phenoxy) is 1. The van der Waals surface area contributed by atoms with Crippen LogP contribution in [0.4, 0.5) is 23.1 Å². The van der Waals surface area contributed by atoms with Crippen LogP contribution in [0.5, 0.6) is 5.75 Å². The molecule has 2 saturated heterocycles. The van der Waals surface area contributed by atoms with Crippen molar-refractivity contribution in [2.45, 2.75) is 38.6 Å². The largest absolute Gasteiger partial charge is 0.494 e. The highest BCUT2D eigenvalue weighted by atomic mass is 16.5. The number of piperidine rings is 1. The molecule has 1 unspecified atom stereocenters. The number of rotatable bonds is 9. The number of carbonyl (C=O) groups is 1. The number of carbonyl (C=O) groups excluding carboxylic acids is 1. The van der Waals surface area contributed by atoms with Crippen molar-refractivity contribution in [1.82, 2.24) is 20.1 Å². The van der Waals surface area contributed by atoms with E-state index in [1.54, 1.807) is 0 Å². The van der Waals surface area contributed by atoms with E-state index < -0.39 is 5.91 Å². The first-order valence-corrected chi connectivity index (χ1v) is 13.5. The lowest BCUT2D eigenvalue weighted by molar-refractivity contribution is 0.0995. The maximum atomic E-state index is 12.1. The molecule has 2 aromatic carbocycles. The molecular weight excluding hydrogens is 494 g/mol. The van der Waals surface area contributed by atoms with Gasteiger partial charge in [-0.3, -0.25) is 10.2 Å². The number of aromatic nitrogens is 3. The number of amidine groups is 1. The fourth-order valence-electron chi connectivity index (χ4n) is 5.00. The molecule has 1 aromatic heterocycles. The third-order valence-electron chi connectivity index (χ3n) is 6.99. The highest BCUT2D eigenvalue weighted by Crippen LogP contribution is 2.24. The third kappa shape index (κ3) is 6.36. The molecule has 1 amide bonds. The van der Waals surface area contributed by atoms with Gasteiger partial charge < -0.3 is 30.9 Å². The number of likely N-dealkylation sites (tertiary alicyclic amines) is 1. The lowest BCUT2D eigenvalue weighted by atomic mass is 10.1. The van der Waals surface area contributed by atoms with Gasteiger partial charge in [0, 0.05) is 49.2 Å². The molecule has 0 spiro atoms. The van der Waals surface area contributed by atoms with Crippen LogP contribution in [0.25, 0.3) is 0 Å². The van der Waals surface area contributed by atoms with Gasteiger partial charge in [-0.2, -0.15) is 4.98 Å². The second-order valence-corrected chi connectivity index (χ2v) is 9.81. The van der Waals surface area contributed by atoms with Gasteiger partial charge in [0.1, 0.15) is 11.6 Å². The number of benzene rings is 2. The van der Waals surface area contributed by atoms with E-state index in [1.807, 2.05) is 55.5 Å². The summed E-state index contributed by atoms with van der Waals surface area (Å²) in [5, 5.41) is 23.6. The summed E-state index contributed by atoms with van der Waals surface area (Å²) in [6.07, 6.45) is 4.22. The Morgan fingerprint density at radius 2 is 1.74 bits per heavy atom. The van der Waals surface area contributed by atoms with Gasteiger partial charge in [-0.15, -0.1) is 10.2 Å². The number of nitrogens with two attached hydrogens (primary N) is 1. The van der Waals surface area contributed by atoms with E-state index in [0.29, 0.717) is 24.9 Å². The van der Waals surface area contributed by atoms with Gasteiger partial charge >= 0.3 is 0 Å². The van der Waals surface area contributed by atoms with Crippen molar-refractivity contribution < 1.29 is 9.53 Å². The molecule has 0 aliphatic carbocycles. The molecule has 3 aromatic rings. The summed E-state index contributed by atoms with van der Waals surface area (Å²) in [6.45, 7) is 5.92. The van der Waals surface area contributed by atoms with Crippen LogP contribution in [0.15, 0.2) is 48.5 Å². The van der Waals surface area contributed by atoms with Gasteiger partial charge in [-0.05, 0) is 81.1 Å². The van der Waals surface area contributed by atoms with Crippen molar-refractivity contribution in [3.8, 4) is 5.75 Å². The number of amides is 1. The van der Waals surface area contributed by atoms with Gasteiger partial charge in [-0.25, -0.2) is 0 Å². The fourth-order valence-corrected chi connectivity index (χ4v) is 5.00. The Kier molecular flexibility index (Phi) is 8.04. The van der Waals surface area contributed by atoms with Gasteiger partial charge in [0.2, 0.25) is 5.95 Å². The van der Waals surface area contributed by atoms with Gasteiger partial charge in [-0.1, -0.05) is 0 Å². The number of hydrogen-bond acceptors (Lipinski definition) is 9. The number of anilines is 4. The van der Waals surface area contributed by atoms with Gasteiger partial charge in [0.05, 0.1) is 6.61 Å². The summed E-state index contributed by atoms with van der Waals surface area (Å²) in [4.78, 5) is 20.9. The van der Waals surface area contributed by atoms with Crippen LogP contribution in [0.1, 0.15) is 48.7 Å². The average Bonchev–Trinajstić information content (AvgIpc) is 3.50. The van der Waals surface area contributed by atoms with E-state index in [1.165, 1.54) is 0 Å². The number of hydrogen-bond donors (Lipinski definition) is 4. The van der Waals surface area contributed by atoms with Crippen molar-refractivity contribution in [2.75, 3.05) is 48.3 Å². The molecule has 0 bridgehead atoms. The summed E-state index contributed by atoms with van der Waals surface area (Å²) in [5.41, 5.74) is 8.15. The van der Waals surface area contributed by atoms with Crippen LogP contribution >= 0.6 is 0 Å². The summed E-state index contributed by atoms with van der Waals surface area (Å²) < 4.78 is 5.53. The average molecular weight is 530 g/mol. The van der Waals surface area contributed by atoms with Crippen molar-refractivity contribution in [2.24, 2.45) is 5.73 Å². The highest BCUT2D eigenvalue weighted by Gasteiger charge is 2.24. The molecule has 11 nitrogen and oxygen atoms in total. The molecule has 0 radical (unpaired) electrons. The maximum absolute atomic E-state index is 12.1. The molecule has 5 N–H and O–H groups in total. The van der Waals surface area contributed by atoms with E-state index in [9.17, 15) is 4.79 Å². The Hall–Kier alpha value is -4.41. The van der Waals surface area contributed by atoms with Crippen LogP contribution in [-0.4, -0.2) is 70.7 Å². The number of nitrogens with one attached hydrogen (secondary N) is 3. The van der Waals surface area contributed by atoms with E-state index >= 15 is 0 Å². The first-order chi connectivity index (χ1) is 19.0. The van der Waals surface area contributed by atoms with Crippen LogP contribution < -0.4 is 26.0 Å². The minimum atomic E-state index is -0.704. The Balaban J connectivity index is 1.28. The lowest BCUT2D eigenvalue weighted by Gasteiger charge is -2.33. The predicted molar refractivity (Wildman–Crippen MR) is 152 cm³/mol. The maximum Gasteiger partial charge on any atom is 0.273 e. The Bertz CT molecular complexity index is 1290. The van der Waals surface area contributed by atoms with Crippen LogP contribution in [-0.2, 0) is 0 Å². The molecule has 2 aliphatic heterocycles. The minimum absolute atomic E-state index is 0.0197. The molecule has 39 heavy (non-hydrogen) atoms. The third-order valence-corrected chi connectivity index (χ3v) is 6.99. The van der Waals surface area contributed by atoms with Crippen LogP contribution in [0.3, 0.4) is 0 Å². The normalized spacial score (nSPS) is 17.1. The Labute approximate surface area is 228 Å². The van der Waals surface area contributed by atoms with Gasteiger partial charge in [0.25, 0.3) is 5.91 Å². The van der Waals surface area contributed by atoms with Crippen molar-refractivity contribution in [1.29, 1.82) is 5.41 Å². The van der Waals surface area contributed by atoms with E-state index in [-0.39, 0.29) is 17.6 Å². The molecule has 2 fully saturated rings. The fraction of sp³-hybridized carbons (Fsp3) is 0.393. The standard InChI is InChI=1S/C28H35N9O2/c1-2-39-23-13-11-20(12-14-23)31-22-6-5-17-37(18-22)28-33-27(24(26(30)38)34-35-28)32-21-9-7-19(8-10-21)25(29)36-15-3-4-16-36/h7-14,22,29,31H,2-6,15-18H2,1H3,(H2,30,38)(H,32,33,35). The molecule has 204 valence electrons. The van der Waals surface area contributed by atoms with Crippen molar-refractivity contribution >= 4 is 34.9 Å². The zero-order valence-corrected chi connectivity index (χ0v) is 22.2.